The number of hydrogen-bond acceptors (Lipinski definition) is 4. The number of nitrogens with zero attached hydrogens (tertiary/aromatic N) is 2. The molecule has 3 aliphatic heterocycles. The molecule has 30 heavy (non-hydrogen) atoms. The average Bonchev–Trinajstić information content (AvgIpc) is 3.28. The predicted octanol–water partition coefficient (Wildman–Crippen LogP) is 4.33. The van der Waals surface area contributed by atoms with Crippen LogP contribution in [0, 0.1) is 0 Å². The number of likely N-dealkylation sites (tertiary alicyclic amines) is 2. The van der Waals surface area contributed by atoms with E-state index in [1.807, 2.05) is 0 Å². The lowest BCUT2D eigenvalue weighted by Gasteiger charge is -2.43. The van der Waals surface area contributed by atoms with Crippen molar-refractivity contribution in [1.82, 2.24) is 9.80 Å². The molecule has 0 radical (unpaired) electrons. The summed E-state index contributed by atoms with van der Waals surface area (Å²) >= 11 is 0. The van der Waals surface area contributed by atoms with Crippen LogP contribution in [0.1, 0.15) is 50.5 Å². The Bertz CT molecular complexity index is 646. The fourth-order valence-electron chi connectivity index (χ4n) is 5.16. The summed E-state index contributed by atoms with van der Waals surface area (Å²) in [5.74, 6) is -1.58. The summed E-state index contributed by atoms with van der Waals surface area (Å²) in [6.07, 6.45) is 5.55. The number of piperidine rings is 1. The molecule has 4 rings (SSSR count). The van der Waals surface area contributed by atoms with E-state index in [9.17, 15) is 8.78 Å². The van der Waals surface area contributed by atoms with E-state index >= 15 is 0 Å². The maximum absolute atomic E-state index is 13.6. The van der Waals surface area contributed by atoms with Gasteiger partial charge in [0.05, 0.1) is 6.61 Å². The van der Waals surface area contributed by atoms with Crippen LogP contribution in [0.25, 0.3) is 0 Å². The van der Waals surface area contributed by atoms with Gasteiger partial charge in [-0.05, 0) is 62.9 Å². The second-order valence-electron chi connectivity index (χ2n) is 9.30. The minimum atomic E-state index is -2.49. The molecular weight excluding hydrogens is 386 g/mol. The van der Waals surface area contributed by atoms with Crippen molar-refractivity contribution in [3.05, 3.63) is 29.8 Å². The van der Waals surface area contributed by atoms with Crippen LogP contribution >= 0.6 is 0 Å². The Morgan fingerprint density at radius 3 is 2.20 bits per heavy atom. The van der Waals surface area contributed by atoms with Crippen LogP contribution < -0.4 is 4.74 Å². The van der Waals surface area contributed by atoms with Crippen molar-refractivity contribution in [2.45, 2.75) is 56.3 Å². The Morgan fingerprint density at radius 1 is 0.867 bits per heavy atom. The first-order valence-corrected chi connectivity index (χ1v) is 11.7. The van der Waals surface area contributed by atoms with E-state index in [-0.39, 0.29) is 18.3 Å². The number of hydrogen-bond donors (Lipinski definition) is 0. The largest absolute Gasteiger partial charge is 0.494 e. The van der Waals surface area contributed by atoms with Crippen molar-refractivity contribution in [3.8, 4) is 5.75 Å². The van der Waals surface area contributed by atoms with Crippen LogP contribution in [-0.2, 0) is 10.2 Å². The zero-order valence-electron chi connectivity index (χ0n) is 18.1. The molecule has 1 aromatic carbocycles. The van der Waals surface area contributed by atoms with Gasteiger partial charge < -0.3 is 19.3 Å². The van der Waals surface area contributed by atoms with Gasteiger partial charge in [0.1, 0.15) is 5.75 Å². The third-order valence-electron chi connectivity index (χ3n) is 7.12. The Balaban J connectivity index is 1.33. The third kappa shape index (κ3) is 5.71. The van der Waals surface area contributed by atoms with Crippen LogP contribution in [0.3, 0.4) is 0 Å². The molecule has 0 spiro atoms. The first kappa shape index (κ1) is 22.0. The van der Waals surface area contributed by atoms with E-state index in [1.165, 1.54) is 31.5 Å². The van der Waals surface area contributed by atoms with Crippen molar-refractivity contribution in [2.75, 3.05) is 59.1 Å². The van der Waals surface area contributed by atoms with Crippen LogP contribution in [-0.4, -0.2) is 74.8 Å². The van der Waals surface area contributed by atoms with Gasteiger partial charge in [-0.15, -0.1) is 0 Å². The molecule has 1 aromatic rings. The average molecular weight is 423 g/mol. The molecule has 0 N–H and O–H groups in total. The molecule has 0 bridgehead atoms. The summed E-state index contributed by atoms with van der Waals surface area (Å²) in [5.41, 5.74) is 1.27. The van der Waals surface area contributed by atoms with E-state index < -0.39 is 5.92 Å². The molecule has 0 unspecified atom stereocenters. The Hall–Kier alpha value is -1.24. The van der Waals surface area contributed by atoms with Gasteiger partial charge in [0.15, 0.2) is 0 Å². The lowest BCUT2D eigenvalue weighted by Crippen LogP contribution is -2.48. The van der Waals surface area contributed by atoms with E-state index in [2.05, 4.69) is 34.1 Å². The minimum absolute atomic E-state index is 0.0147. The molecule has 3 aliphatic rings. The normalized spacial score (nSPS) is 24.7. The van der Waals surface area contributed by atoms with Crippen molar-refractivity contribution in [2.24, 2.45) is 0 Å². The van der Waals surface area contributed by atoms with E-state index in [1.54, 1.807) is 0 Å². The predicted molar refractivity (Wildman–Crippen MR) is 115 cm³/mol. The van der Waals surface area contributed by atoms with Gasteiger partial charge in [0.2, 0.25) is 0 Å². The van der Waals surface area contributed by atoms with E-state index in [0.717, 1.165) is 57.9 Å². The fourth-order valence-corrected chi connectivity index (χ4v) is 5.16. The first-order valence-electron chi connectivity index (χ1n) is 11.7. The Morgan fingerprint density at radius 2 is 1.53 bits per heavy atom. The highest BCUT2D eigenvalue weighted by Crippen LogP contribution is 2.38. The molecule has 0 aromatic heterocycles. The first-order chi connectivity index (χ1) is 14.5. The van der Waals surface area contributed by atoms with Crippen molar-refractivity contribution in [1.29, 1.82) is 0 Å². The summed E-state index contributed by atoms with van der Waals surface area (Å²) in [4.78, 5) is 4.74. The molecule has 3 fully saturated rings. The van der Waals surface area contributed by atoms with E-state index in [4.69, 9.17) is 9.47 Å². The highest BCUT2D eigenvalue weighted by Gasteiger charge is 2.40. The number of rotatable bonds is 8. The smallest absolute Gasteiger partial charge is 0.250 e. The highest BCUT2D eigenvalue weighted by atomic mass is 19.3. The quantitative estimate of drug-likeness (QED) is 0.582. The molecule has 6 heteroatoms. The van der Waals surface area contributed by atoms with Crippen LogP contribution in [0.15, 0.2) is 24.3 Å². The molecule has 0 saturated carbocycles. The molecule has 0 aliphatic carbocycles. The van der Waals surface area contributed by atoms with E-state index in [0.29, 0.717) is 13.1 Å². The van der Waals surface area contributed by atoms with Gasteiger partial charge in [0, 0.05) is 57.6 Å². The van der Waals surface area contributed by atoms with Gasteiger partial charge in [-0.3, -0.25) is 0 Å². The fraction of sp³-hybridized carbons (Fsp3) is 0.750. The summed E-state index contributed by atoms with van der Waals surface area (Å²) < 4.78 is 38.7. The Labute approximate surface area is 179 Å². The standard InChI is InChI=1S/C24H36F2N2O2/c25-24(26)8-15-28(16-9-24)20-23(10-18-29-19-11-23)21-4-6-22(7-5-21)30-17-3-14-27-12-1-2-13-27/h4-7H,1-3,8-20H2. The molecule has 3 saturated heterocycles. The number of ether oxygens (including phenoxy) is 2. The van der Waals surface area contributed by atoms with Gasteiger partial charge in [0.25, 0.3) is 5.92 Å². The summed E-state index contributed by atoms with van der Waals surface area (Å²) in [6.45, 7) is 7.60. The molecule has 3 heterocycles. The maximum atomic E-state index is 13.6. The lowest BCUT2D eigenvalue weighted by atomic mass is 9.73. The summed E-state index contributed by atoms with van der Waals surface area (Å²) in [5, 5.41) is 0. The molecule has 4 nitrogen and oxygen atoms in total. The van der Waals surface area contributed by atoms with Crippen molar-refractivity contribution < 1.29 is 18.3 Å². The third-order valence-corrected chi connectivity index (χ3v) is 7.12. The molecule has 0 atom stereocenters. The number of alkyl halides is 2. The number of benzene rings is 1. The minimum Gasteiger partial charge on any atom is -0.494 e. The zero-order valence-corrected chi connectivity index (χ0v) is 18.1. The second-order valence-corrected chi connectivity index (χ2v) is 9.30. The number of halogens is 2. The van der Waals surface area contributed by atoms with Crippen LogP contribution in [0.5, 0.6) is 5.75 Å². The summed E-state index contributed by atoms with van der Waals surface area (Å²) in [7, 11) is 0. The topological polar surface area (TPSA) is 24.9 Å². The van der Waals surface area contributed by atoms with Crippen LogP contribution in [0.2, 0.25) is 0 Å². The monoisotopic (exact) mass is 422 g/mol. The van der Waals surface area contributed by atoms with Gasteiger partial charge in [-0.1, -0.05) is 12.1 Å². The maximum Gasteiger partial charge on any atom is 0.250 e. The Kier molecular flexibility index (Phi) is 7.27. The zero-order chi connectivity index (χ0) is 20.9. The van der Waals surface area contributed by atoms with Gasteiger partial charge in [-0.25, -0.2) is 8.78 Å². The summed E-state index contributed by atoms with van der Waals surface area (Å²) in [6, 6.07) is 8.51. The van der Waals surface area contributed by atoms with Crippen molar-refractivity contribution >= 4 is 0 Å². The molecular formula is C24H36F2N2O2. The van der Waals surface area contributed by atoms with Gasteiger partial charge >= 0.3 is 0 Å². The van der Waals surface area contributed by atoms with Gasteiger partial charge in [-0.2, -0.15) is 0 Å². The second kappa shape index (κ2) is 9.92. The molecule has 0 amide bonds. The van der Waals surface area contributed by atoms with Crippen molar-refractivity contribution in [3.63, 3.8) is 0 Å². The molecule has 168 valence electrons. The SMILES string of the molecule is FC1(F)CCN(CC2(c3ccc(OCCCN4CCCC4)cc3)CCOCC2)CC1. The lowest BCUT2D eigenvalue weighted by molar-refractivity contribution is -0.0629. The van der Waals surface area contributed by atoms with Crippen LogP contribution in [0.4, 0.5) is 8.78 Å². The highest BCUT2D eigenvalue weighted by molar-refractivity contribution is 5.33.